The summed E-state index contributed by atoms with van der Waals surface area (Å²) in [6, 6.07) is 16.6. The van der Waals surface area contributed by atoms with Gasteiger partial charge in [0, 0.05) is 69.7 Å². The molecule has 0 amide bonds. The van der Waals surface area contributed by atoms with E-state index in [9.17, 15) is 5.11 Å². The van der Waals surface area contributed by atoms with Gasteiger partial charge in [-0.1, -0.05) is 48.6 Å². The molecule has 0 spiro atoms. The first kappa shape index (κ1) is 20.4. The molecule has 1 aliphatic rings. The van der Waals surface area contributed by atoms with Gasteiger partial charge >= 0.3 is 0 Å². The van der Waals surface area contributed by atoms with E-state index in [4.69, 9.17) is 0 Å². The summed E-state index contributed by atoms with van der Waals surface area (Å²) in [6.07, 6.45) is 4.45. The van der Waals surface area contributed by atoms with E-state index >= 15 is 0 Å². The molecule has 0 aromatic heterocycles. The van der Waals surface area contributed by atoms with Crippen molar-refractivity contribution in [2.24, 2.45) is 0 Å². The van der Waals surface area contributed by atoms with E-state index in [1.165, 1.54) is 5.56 Å². The third kappa shape index (κ3) is 5.60. The van der Waals surface area contributed by atoms with Crippen molar-refractivity contribution in [1.82, 2.24) is 9.80 Å². The zero-order valence-electron chi connectivity index (χ0n) is 17.2. The van der Waals surface area contributed by atoms with Gasteiger partial charge in [0.15, 0.2) is 0 Å². The average Bonchev–Trinajstić information content (AvgIpc) is 2.73. The first-order valence-electron chi connectivity index (χ1n) is 10.4. The summed E-state index contributed by atoms with van der Waals surface area (Å²) >= 11 is 0. The number of benzene rings is 2. The molecule has 1 fully saturated rings. The molecule has 1 saturated heterocycles. The molecule has 4 nitrogen and oxygen atoms in total. The second-order valence-corrected chi connectivity index (χ2v) is 7.38. The van der Waals surface area contributed by atoms with Gasteiger partial charge in [-0.05, 0) is 25.5 Å². The van der Waals surface area contributed by atoms with Gasteiger partial charge in [-0.2, -0.15) is 0 Å². The van der Waals surface area contributed by atoms with Crippen LogP contribution in [0.25, 0.3) is 6.08 Å². The summed E-state index contributed by atoms with van der Waals surface area (Å²) in [5, 5.41) is 10.5. The van der Waals surface area contributed by atoms with Crippen LogP contribution in [-0.4, -0.2) is 60.7 Å². The van der Waals surface area contributed by atoms with Crippen LogP contribution >= 0.6 is 0 Å². The van der Waals surface area contributed by atoms with E-state index in [1.54, 1.807) is 0 Å². The van der Waals surface area contributed by atoms with Gasteiger partial charge in [0.05, 0.1) is 0 Å². The van der Waals surface area contributed by atoms with Crippen LogP contribution < -0.4 is 4.90 Å². The maximum Gasteiger partial charge on any atom is 0.122 e. The molecule has 2 aromatic rings. The molecule has 0 radical (unpaired) electrons. The van der Waals surface area contributed by atoms with E-state index < -0.39 is 0 Å². The molecular formula is C24H33N3O. The van der Waals surface area contributed by atoms with Gasteiger partial charge in [0.25, 0.3) is 0 Å². The Morgan fingerprint density at radius 1 is 0.929 bits per heavy atom. The Balaban J connectivity index is 1.47. The molecule has 1 aliphatic heterocycles. The summed E-state index contributed by atoms with van der Waals surface area (Å²) < 4.78 is 0. The maximum atomic E-state index is 10.5. The van der Waals surface area contributed by atoms with Crippen LogP contribution in [0, 0.1) is 0 Å². The van der Waals surface area contributed by atoms with E-state index in [0.29, 0.717) is 5.75 Å². The van der Waals surface area contributed by atoms with Crippen molar-refractivity contribution in [1.29, 1.82) is 0 Å². The third-order valence-corrected chi connectivity index (χ3v) is 5.53. The molecule has 150 valence electrons. The topological polar surface area (TPSA) is 30.0 Å². The first-order chi connectivity index (χ1) is 13.7. The fourth-order valence-electron chi connectivity index (χ4n) is 3.74. The number of phenolic OH excluding ortho intramolecular Hbond substituents is 1. The molecule has 0 saturated carbocycles. The number of aromatic hydroxyl groups is 1. The zero-order valence-corrected chi connectivity index (χ0v) is 17.2. The molecule has 0 aliphatic carbocycles. The van der Waals surface area contributed by atoms with E-state index in [1.807, 2.05) is 12.1 Å². The number of hydrogen-bond acceptors (Lipinski definition) is 4. The highest BCUT2D eigenvalue weighted by atomic mass is 16.3. The summed E-state index contributed by atoms with van der Waals surface area (Å²) in [7, 11) is 0. The largest absolute Gasteiger partial charge is 0.508 e. The van der Waals surface area contributed by atoms with Crippen LogP contribution in [0.4, 0.5) is 5.69 Å². The summed E-state index contributed by atoms with van der Waals surface area (Å²) in [5.41, 5.74) is 3.37. The Bertz CT molecular complexity index is 748. The highest BCUT2D eigenvalue weighted by Crippen LogP contribution is 2.26. The molecule has 2 aromatic carbocycles. The van der Waals surface area contributed by atoms with Crippen molar-refractivity contribution in [3.05, 3.63) is 65.7 Å². The van der Waals surface area contributed by atoms with Crippen molar-refractivity contribution < 1.29 is 5.11 Å². The Hall–Kier alpha value is -2.30. The predicted molar refractivity (Wildman–Crippen MR) is 119 cm³/mol. The molecule has 4 heteroatoms. The fraction of sp³-hybridized carbons (Fsp3) is 0.417. The quantitative estimate of drug-likeness (QED) is 0.749. The second kappa shape index (κ2) is 10.3. The van der Waals surface area contributed by atoms with E-state index in [2.05, 4.69) is 77.1 Å². The number of nitrogens with zero attached hydrogens (tertiary/aromatic N) is 3. The number of hydrogen-bond donors (Lipinski definition) is 1. The normalized spacial score (nSPS) is 15.9. The lowest BCUT2D eigenvalue weighted by Gasteiger charge is -2.34. The van der Waals surface area contributed by atoms with Crippen molar-refractivity contribution in [3.8, 4) is 5.75 Å². The lowest BCUT2D eigenvalue weighted by Crippen LogP contribution is -2.45. The Morgan fingerprint density at radius 3 is 2.25 bits per heavy atom. The zero-order chi connectivity index (χ0) is 19.8. The minimum Gasteiger partial charge on any atom is -0.508 e. The lowest BCUT2D eigenvalue weighted by molar-refractivity contribution is 0.136. The first-order valence-corrected chi connectivity index (χ1v) is 10.4. The van der Waals surface area contributed by atoms with E-state index in [-0.39, 0.29) is 0 Å². The predicted octanol–water partition coefficient (Wildman–Crippen LogP) is 4.07. The fourth-order valence-corrected chi connectivity index (χ4v) is 3.74. The van der Waals surface area contributed by atoms with Gasteiger partial charge in [0.2, 0.25) is 0 Å². The average molecular weight is 380 g/mol. The minimum atomic E-state index is 0.414. The Kier molecular flexibility index (Phi) is 7.52. The molecule has 0 atom stereocenters. The highest BCUT2D eigenvalue weighted by molar-refractivity contribution is 5.53. The Labute approximate surface area is 169 Å². The molecule has 28 heavy (non-hydrogen) atoms. The number of anilines is 1. The molecule has 1 N–H and O–H groups in total. The summed E-state index contributed by atoms with van der Waals surface area (Å²) in [4.78, 5) is 7.17. The van der Waals surface area contributed by atoms with Crippen LogP contribution in [0.15, 0.2) is 54.6 Å². The molecule has 0 unspecified atom stereocenters. The third-order valence-electron chi connectivity index (χ3n) is 5.53. The Morgan fingerprint density at radius 2 is 1.61 bits per heavy atom. The summed E-state index contributed by atoms with van der Waals surface area (Å²) in [5.74, 6) is 0.414. The second-order valence-electron chi connectivity index (χ2n) is 7.38. The highest BCUT2D eigenvalue weighted by Gasteiger charge is 2.17. The van der Waals surface area contributed by atoms with Crippen molar-refractivity contribution >= 4 is 11.8 Å². The van der Waals surface area contributed by atoms with Gasteiger partial charge in [-0.25, -0.2) is 0 Å². The van der Waals surface area contributed by atoms with Crippen LogP contribution in [0.1, 0.15) is 25.0 Å². The molecular weight excluding hydrogens is 346 g/mol. The van der Waals surface area contributed by atoms with Crippen molar-refractivity contribution in [3.63, 3.8) is 0 Å². The van der Waals surface area contributed by atoms with Crippen molar-refractivity contribution in [2.45, 2.75) is 20.4 Å². The molecule has 1 heterocycles. The minimum absolute atomic E-state index is 0.414. The SMILES string of the molecule is CCN(CC)c1ccc(CN2CCN(CC=Cc3ccccc3)CC2)c(O)c1. The van der Waals surface area contributed by atoms with Gasteiger partial charge in [0.1, 0.15) is 5.75 Å². The molecule has 3 rings (SSSR count). The van der Waals surface area contributed by atoms with Gasteiger partial charge in [-0.15, -0.1) is 0 Å². The maximum absolute atomic E-state index is 10.5. The number of phenols is 1. The van der Waals surface area contributed by atoms with Crippen LogP contribution in [0.3, 0.4) is 0 Å². The van der Waals surface area contributed by atoms with Gasteiger partial charge < -0.3 is 10.0 Å². The van der Waals surface area contributed by atoms with Crippen LogP contribution in [-0.2, 0) is 6.54 Å². The molecule has 0 bridgehead atoms. The number of rotatable bonds is 8. The smallest absolute Gasteiger partial charge is 0.122 e. The number of piperazine rings is 1. The van der Waals surface area contributed by atoms with Gasteiger partial charge in [-0.3, -0.25) is 9.80 Å². The van der Waals surface area contributed by atoms with E-state index in [0.717, 1.165) is 63.6 Å². The van der Waals surface area contributed by atoms with Crippen molar-refractivity contribution in [2.75, 3.05) is 50.7 Å². The van der Waals surface area contributed by atoms with Crippen LogP contribution in [0.2, 0.25) is 0 Å². The summed E-state index contributed by atoms with van der Waals surface area (Å²) in [6.45, 7) is 12.2. The lowest BCUT2D eigenvalue weighted by atomic mass is 10.1. The monoisotopic (exact) mass is 379 g/mol. The van der Waals surface area contributed by atoms with Crippen LogP contribution in [0.5, 0.6) is 5.75 Å². The standard InChI is InChI=1S/C24H33N3O/c1-3-27(4-2)23-13-12-22(24(28)19-23)20-26-17-15-25(16-18-26)14-8-11-21-9-6-5-7-10-21/h5-13,19,28H,3-4,14-18,20H2,1-2H3.